The van der Waals surface area contributed by atoms with E-state index in [1.54, 1.807) is 18.3 Å². The summed E-state index contributed by atoms with van der Waals surface area (Å²) in [4.78, 5) is 15.2. The lowest BCUT2D eigenvalue weighted by Gasteiger charge is -2.08. The number of nitrogens with zero attached hydrogens (tertiary/aromatic N) is 2. The van der Waals surface area contributed by atoms with E-state index < -0.39 is 5.97 Å². The average molecular weight is 279 g/mol. The number of carbonyl (C=O) groups is 1. The molecule has 0 fully saturated rings. The molecule has 0 saturated heterocycles. The van der Waals surface area contributed by atoms with Gasteiger partial charge in [-0.15, -0.1) is 0 Å². The second kappa shape index (κ2) is 5.89. The van der Waals surface area contributed by atoms with Gasteiger partial charge in [-0.25, -0.2) is 9.78 Å². The van der Waals surface area contributed by atoms with Gasteiger partial charge in [-0.3, -0.25) is 0 Å². The molecule has 1 N–H and O–H groups in total. The zero-order valence-corrected chi connectivity index (χ0v) is 11.4. The lowest BCUT2D eigenvalue weighted by atomic mass is 10.1. The Morgan fingerprint density at radius 2 is 2.26 bits per heavy atom. The van der Waals surface area contributed by atoms with Crippen LogP contribution in [0.4, 0.5) is 0 Å². The van der Waals surface area contributed by atoms with Crippen LogP contribution in [0.15, 0.2) is 30.6 Å². The van der Waals surface area contributed by atoms with Gasteiger partial charge in [0.2, 0.25) is 0 Å². The first-order chi connectivity index (χ1) is 9.11. The first kappa shape index (κ1) is 13.6. The highest BCUT2D eigenvalue weighted by Gasteiger charge is 2.10. The van der Waals surface area contributed by atoms with Crippen molar-refractivity contribution in [3.05, 3.63) is 52.6 Å². The number of rotatable bonds is 5. The molecule has 4 nitrogen and oxygen atoms in total. The fraction of sp³-hybridized carbons (Fsp3) is 0.286. The van der Waals surface area contributed by atoms with Crippen LogP contribution in [-0.2, 0) is 13.0 Å². The highest BCUT2D eigenvalue weighted by molar-refractivity contribution is 6.31. The van der Waals surface area contributed by atoms with Crippen LogP contribution in [0, 0.1) is 0 Å². The molecule has 0 saturated carbocycles. The second-order valence-corrected chi connectivity index (χ2v) is 4.73. The maximum atomic E-state index is 10.8. The number of hydrogen-bond donors (Lipinski definition) is 1. The van der Waals surface area contributed by atoms with E-state index in [1.807, 2.05) is 6.20 Å². The van der Waals surface area contributed by atoms with Gasteiger partial charge in [0.15, 0.2) is 0 Å². The van der Waals surface area contributed by atoms with Crippen LogP contribution in [-0.4, -0.2) is 20.6 Å². The molecule has 0 aliphatic carbocycles. The summed E-state index contributed by atoms with van der Waals surface area (Å²) in [7, 11) is 0. The Bertz CT molecular complexity index is 593. The van der Waals surface area contributed by atoms with Crippen LogP contribution >= 0.6 is 11.6 Å². The number of carboxylic acids is 1. The predicted octanol–water partition coefficient (Wildman–Crippen LogP) is 3.24. The maximum absolute atomic E-state index is 10.8. The van der Waals surface area contributed by atoms with Crippen molar-refractivity contribution >= 4 is 17.6 Å². The summed E-state index contributed by atoms with van der Waals surface area (Å²) in [6.07, 6.45) is 5.35. The summed E-state index contributed by atoms with van der Waals surface area (Å²) < 4.78 is 2.08. The standard InChI is InChI=1S/C14H15ClN2O2/c1-2-6-17-7-5-16-13(17)9-10-3-4-11(14(18)19)8-12(10)15/h3-5,7-8H,2,6,9H2,1H3,(H,18,19). The Morgan fingerprint density at radius 3 is 2.89 bits per heavy atom. The Labute approximate surface area is 116 Å². The summed E-state index contributed by atoms with van der Waals surface area (Å²) in [6, 6.07) is 4.79. The molecular weight excluding hydrogens is 264 g/mol. The minimum Gasteiger partial charge on any atom is -0.478 e. The van der Waals surface area contributed by atoms with Gasteiger partial charge in [-0.1, -0.05) is 24.6 Å². The van der Waals surface area contributed by atoms with Crippen molar-refractivity contribution < 1.29 is 9.90 Å². The number of aromatic nitrogens is 2. The van der Waals surface area contributed by atoms with E-state index in [0.717, 1.165) is 24.4 Å². The number of hydrogen-bond acceptors (Lipinski definition) is 2. The van der Waals surface area contributed by atoms with Gasteiger partial charge >= 0.3 is 5.97 Å². The van der Waals surface area contributed by atoms with Crippen LogP contribution < -0.4 is 0 Å². The number of imidazole rings is 1. The molecule has 0 aliphatic rings. The van der Waals surface area contributed by atoms with Crippen LogP contribution in [0.25, 0.3) is 0 Å². The van der Waals surface area contributed by atoms with Gasteiger partial charge in [0.1, 0.15) is 5.82 Å². The molecule has 2 aromatic rings. The molecular formula is C14H15ClN2O2. The summed E-state index contributed by atoms with van der Waals surface area (Å²) in [5.74, 6) is -0.0345. The molecule has 0 unspecified atom stereocenters. The van der Waals surface area contributed by atoms with E-state index in [4.69, 9.17) is 16.7 Å². The topological polar surface area (TPSA) is 55.1 Å². The molecule has 100 valence electrons. The minimum absolute atomic E-state index is 0.200. The van der Waals surface area contributed by atoms with Gasteiger partial charge in [0, 0.05) is 30.4 Å². The summed E-state index contributed by atoms with van der Waals surface area (Å²) >= 11 is 6.12. The Kier molecular flexibility index (Phi) is 4.22. The number of halogens is 1. The number of aryl methyl sites for hydroxylation is 1. The third-order valence-corrected chi connectivity index (χ3v) is 3.27. The first-order valence-electron chi connectivity index (χ1n) is 6.13. The van der Waals surface area contributed by atoms with E-state index >= 15 is 0 Å². The smallest absolute Gasteiger partial charge is 0.335 e. The molecule has 0 spiro atoms. The Morgan fingerprint density at radius 1 is 1.47 bits per heavy atom. The Balaban J connectivity index is 2.23. The normalized spacial score (nSPS) is 10.6. The summed E-state index contributed by atoms with van der Waals surface area (Å²) in [5, 5.41) is 9.36. The van der Waals surface area contributed by atoms with Gasteiger partial charge in [0.25, 0.3) is 0 Å². The molecule has 19 heavy (non-hydrogen) atoms. The molecule has 0 amide bonds. The fourth-order valence-corrected chi connectivity index (χ4v) is 2.19. The first-order valence-corrected chi connectivity index (χ1v) is 6.51. The summed E-state index contributed by atoms with van der Waals surface area (Å²) in [5.41, 5.74) is 1.08. The number of aromatic carboxylic acids is 1. The van der Waals surface area contributed by atoms with Crippen LogP contribution in [0.1, 0.15) is 35.1 Å². The monoisotopic (exact) mass is 278 g/mol. The molecule has 0 bridgehead atoms. The molecule has 1 aromatic carbocycles. The van der Waals surface area contributed by atoms with E-state index in [0.29, 0.717) is 11.4 Å². The van der Waals surface area contributed by atoms with Gasteiger partial charge in [0.05, 0.1) is 5.56 Å². The third-order valence-electron chi connectivity index (χ3n) is 2.91. The predicted molar refractivity (Wildman–Crippen MR) is 73.7 cm³/mol. The van der Waals surface area contributed by atoms with E-state index in [-0.39, 0.29) is 5.56 Å². The van der Waals surface area contributed by atoms with Crippen LogP contribution in [0.2, 0.25) is 5.02 Å². The summed E-state index contributed by atoms with van der Waals surface area (Å²) in [6.45, 7) is 3.03. The lowest BCUT2D eigenvalue weighted by molar-refractivity contribution is 0.0697. The molecule has 5 heteroatoms. The van der Waals surface area contributed by atoms with Crippen molar-refractivity contribution in [2.24, 2.45) is 0 Å². The molecule has 0 atom stereocenters. The van der Waals surface area contributed by atoms with E-state index in [2.05, 4.69) is 16.5 Å². The number of benzene rings is 1. The SMILES string of the molecule is CCCn1ccnc1Cc1ccc(C(=O)O)cc1Cl. The minimum atomic E-state index is -0.971. The quantitative estimate of drug-likeness (QED) is 0.913. The largest absolute Gasteiger partial charge is 0.478 e. The van der Waals surface area contributed by atoms with Gasteiger partial charge < -0.3 is 9.67 Å². The molecule has 1 heterocycles. The fourth-order valence-electron chi connectivity index (χ4n) is 1.95. The average Bonchev–Trinajstić information content (AvgIpc) is 2.79. The molecule has 0 radical (unpaired) electrons. The van der Waals surface area contributed by atoms with Crippen LogP contribution in [0.5, 0.6) is 0 Å². The third kappa shape index (κ3) is 3.15. The highest BCUT2D eigenvalue weighted by Crippen LogP contribution is 2.21. The van der Waals surface area contributed by atoms with Crippen molar-refractivity contribution in [3.8, 4) is 0 Å². The lowest BCUT2D eigenvalue weighted by Crippen LogP contribution is -2.04. The maximum Gasteiger partial charge on any atom is 0.335 e. The van der Waals surface area contributed by atoms with Gasteiger partial charge in [-0.05, 0) is 24.1 Å². The highest BCUT2D eigenvalue weighted by atomic mass is 35.5. The molecule has 1 aromatic heterocycles. The van der Waals surface area contributed by atoms with Crippen molar-refractivity contribution in [2.45, 2.75) is 26.3 Å². The van der Waals surface area contributed by atoms with E-state index in [1.165, 1.54) is 6.07 Å². The zero-order chi connectivity index (χ0) is 13.8. The van der Waals surface area contributed by atoms with Crippen LogP contribution in [0.3, 0.4) is 0 Å². The number of carboxylic acid groups (broad SMARTS) is 1. The van der Waals surface area contributed by atoms with Crippen molar-refractivity contribution in [1.29, 1.82) is 0 Å². The molecule has 0 aliphatic heterocycles. The zero-order valence-electron chi connectivity index (χ0n) is 10.6. The van der Waals surface area contributed by atoms with Crippen molar-refractivity contribution in [3.63, 3.8) is 0 Å². The second-order valence-electron chi connectivity index (χ2n) is 4.32. The van der Waals surface area contributed by atoms with Gasteiger partial charge in [-0.2, -0.15) is 0 Å². The van der Waals surface area contributed by atoms with Crippen molar-refractivity contribution in [2.75, 3.05) is 0 Å². The van der Waals surface area contributed by atoms with E-state index in [9.17, 15) is 4.79 Å². The molecule has 2 rings (SSSR count). The Hall–Kier alpha value is -1.81. The van der Waals surface area contributed by atoms with Crippen molar-refractivity contribution in [1.82, 2.24) is 9.55 Å².